The van der Waals surface area contributed by atoms with Gasteiger partial charge in [-0.05, 0) is 50.2 Å². The van der Waals surface area contributed by atoms with Crippen molar-refractivity contribution in [1.29, 1.82) is 0 Å². The molecule has 2 N–H and O–H groups in total. The summed E-state index contributed by atoms with van der Waals surface area (Å²) in [6.07, 6.45) is 1.70. The fourth-order valence-corrected chi connectivity index (χ4v) is 4.28. The van der Waals surface area contributed by atoms with Gasteiger partial charge in [-0.2, -0.15) is 0 Å². The second kappa shape index (κ2) is 6.79. The van der Waals surface area contributed by atoms with Crippen LogP contribution in [0.1, 0.15) is 35.1 Å². The number of H-pyrrole nitrogens is 1. The van der Waals surface area contributed by atoms with Gasteiger partial charge in [0.2, 0.25) is 10.0 Å². The van der Waals surface area contributed by atoms with Gasteiger partial charge in [0.05, 0.1) is 22.0 Å². The van der Waals surface area contributed by atoms with Gasteiger partial charge in [0.15, 0.2) is 0 Å². The van der Waals surface area contributed by atoms with Crippen molar-refractivity contribution in [1.82, 2.24) is 19.6 Å². The first-order chi connectivity index (χ1) is 13.0. The molecule has 1 saturated heterocycles. The number of nitrogens with one attached hydrogen (secondary N) is 2. The Morgan fingerprint density at radius 3 is 2.81 bits per heavy atom. The van der Waals surface area contributed by atoms with E-state index in [4.69, 9.17) is 0 Å². The molecule has 140 valence electrons. The smallest absolute Gasteiger partial charge is 0.254 e. The Labute approximate surface area is 157 Å². The predicted octanol–water partition coefficient (Wildman–Crippen LogP) is 2.45. The molecule has 1 aliphatic rings. The third-order valence-corrected chi connectivity index (χ3v) is 6.31. The van der Waals surface area contributed by atoms with Gasteiger partial charge in [0, 0.05) is 12.1 Å². The van der Waals surface area contributed by atoms with E-state index in [0.717, 1.165) is 29.7 Å². The van der Waals surface area contributed by atoms with Crippen LogP contribution in [0, 0.1) is 0 Å². The molecule has 2 heterocycles. The summed E-state index contributed by atoms with van der Waals surface area (Å²) in [5.41, 5.74) is 2.16. The minimum absolute atomic E-state index is 0.0790. The summed E-state index contributed by atoms with van der Waals surface area (Å²) in [7, 11) is -2.25. The van der Waals surface area contributed by atoms with Crippen LogP contribution >= 0.6 is 0 Å². The maximum absolute atomic E-state index is 13.1. The van der Waals surface area contributed by atoms with E-state index < -0.39 is 10.0 Å². The van der Waals surface area contributed by atoms with E-state index in [9.17, 15) is 13.2 Å². The minimum atomic E-state index is -3.60. The van der Waals surface area contributed by atoms with Crippen molar-refractivity contribution in [3.63, 3.8) is 0 Å². The van der Waals surface area contributed by atoms with Crippen molar-refractivity contribution in [3.8, 4) is 0 Å². The van der Waals surface area contributed by atoms with Gasteiger partial charge in [-0.1, -0.05) is 18.2 Å². The minimum Gasteiger partial charge on any atom is -0.340 e. The number of amides is 1. The van der Waals surface area contributed by atoms with Gasteiger partial charge >= 0.3 is 0 Å². The Balaban J connectivity index is 1.66. The molecule has 4 rings (SSSR count). The Kier molecular flexibility index (Phi) is 4.45. The summed E-state index contributed by atoms with van der Waals surface area (Å²) in [4.78, 5) is 22.9. The lowest BCUT2D eigenvalue weighted by Gasteiger charge is -2.23. The number of fused-ring (bicyclic) bond motifs is 1. The van der Waals surface area contributed by atoms with Gasteiger partial charge in [-0.3, -0.25) is 4.79 Å². The van der Waals surface area contributed by atoms with Crippen molar-refractivity contribution < 1.29 is 13.2 Å². The van der Waals surface area contributed by atoms with E-state index in [2.05, 4.69) is 14.7 Å². The molecule has 3 aromatic rings. The lowest BCUT2D eigenvalue weighted by atomic mass is 10.1. The van der Waals surface area contributed by atoms with E-state index >= 15 is 0 Å². The number of nitrogens with zero attached hydrogens (tertiary/aromatic N) is 2. The van der Waals surface area contributed by atoms with Crippen molar-refractivity contribution in [3.05, 3.63) is 59.9 Å². The van der Waals surface area contributed by atoms with Crippen LogP contribution < -0.4 is 4.72 Å². The number of aromatic amines is 1. The largest absolute Gasteiger partial charge is 0.340 e. The fourth-order valence-electron chi connectivity index (χ4n) is 3.50. The number of imidazole rings is 1. The molecule has 27 heavy (non-hydrogen) atoms. The van der Waals surface area contributed by atoms with Gasteiger partial charge in [-0.25, -0.2) is 18.1 Å². The SMILES string of the molecule is CNS(=O)(=O)c1cccc(C(=O)N2CCC[C@H]2c2nc3ccccc3[nH]2)c1. The number of carbonyl (C=O) groups is 1. The second-order valence-corrected chi connectivity index (χ2v) is 8.42. The fraction of sp³-hybridized carbons (Fsp3) is 0.263. The van der Waals surface area contributed by atoms with Crippen LogP contribution in [0.2, 0.25) is 0 Å². The highest BCUT2D eigenvalue weighted by Crippen LogP contribution is 2.32. The van der Waals surface area contributed by atoms with Crippen LogP contribution in [0.3, 0.4) is 0 Å². The number of para-hydroxylation sites is 2. The Hall–Kier alpha value is -2.71. The molecule has 1 aliphatic heterocycles. The third kappa shape index (κ3) is 3.22. The molecule has 0 spiro atoms. The number of sulfonamides is 1. The number of aromatic nitrogens is 2. The summed E-state index contributed by atoms with van der Waals surface area (Å²) >= 11 is 0. The van der Waals surface area contributed by atoms with E-state index in [0.29, 0.717) is 12.1 Å². The highest BCUT2D eigenvalue weighted by atomic mass is 32.2. The Bertz CT molecular complexity index is 1070. The zero-order valence-corrected chi connectivity index (χ0v) is 15.7. The maximum atomic E-state index is 13.1. The first-order valence-electron chi connectivity index (χ1n) is 8.79. The number of likely N-dealkylation sites (tertiary alicyclic amines) is 1. The van der Waals surface area contributed by atoms with Crippen LogP contribution in [0.4, 0.5) is 0 Å². The zero-order valence-electron chi connectivity index (χ0n) is 14.8. The maximum Gasteiger partial charge on any atom is 0.254 e. The molecule has 1 aromatic heterocycles. The molecule has 1 atom stereocenters. The molecule has 1 fully saturated rings. The highest BCUT2D eigenvalue weighted by molar-refractivity contribution is 7.89. The number of benzene rings is 2. The Morgan fingerprint density at radius 1 is 1.22 bits per heavy atom. The number of hydrogen-bond acceptors (Lipinski definition) is 4. The summed E-state index contributed by atoms with van der Waals surface area (Å²) in [6, 6.07) is 13.7. The molecule has 0 bridgehead atoms. The molecule has 7 nitrogen and oxygen atoms in total. The lowest BCUT2D eigenvalue weighted by molar-refractivity contribution is 0.0730. The highest BCUT2D eigenvalue weighted by Gasteiger charge is 2.33. The molecular weight excluding hydrogens is 364 g/mol. The molecule has 0 aliphatic carbocycles. The van der Waals surface area contributed by atoms with Gasteiger partial charge in [-0.15, -0.1) is 0 Å². The summed E-state index contributed by atoms with van der Waals surface area (Å²) in [5, 5.41) is 0. The van der Waals surface area contributed by atoms with E-state index in [1.54, 1.807) is 17.0 Å². The first kappa shape index (κ1) is 17.7. The van der Waals surface area contributed by atoms with Crippen LogP contribution in [-0.4, -0.2) is 42.8 Å². The van der Waals surface area contributed by atoms with Gasteiger partial charge in [0.1, 0.15) is 5.82 Å². The molecule has 0 unspecified atom stereocenters. The molecule has 0 radical (unpaired) electrons. The van der Waals surface area contributed by atoms with Crippen LogP contribution in [-0.2, 0) is 10.0 Å². The molecule has 0 saturated carbocycles. The average Bonchev–Trinajstić information content (AvgIpc) is 3.34. The quantitative estimate of drug-likeness (QED) is 0.722. The average molecular weight is 384 g/mol. The van der Waals surface area contributed by atoms with Crippen LogP contribution in [0.25, 0.3) is 11.0 Å². The summed E-state index contributed by atoms with van der Waals surface area (Å²) in [6.45, 7) is 0.615. The van der Waals surface area contributed by atoms with Gasteiger partial charge < -0.3 is 9.88 Å². The number of carbonyl (C=O) groups excluding carboxylic acids is 1. The van der Waals surface area contributed by atoms with Crippen molar-refractivity contribution in [2.45, 2.75) is 23.8 Å². The topological polar surface area (TPSA) is 95.2 Å². The van der Waals surface area contributed by atoms with Crippen molar-refractivity contribution in [2.75, 3.05) is 13.6 Å². The first-order valence-corrected chi connectivity index (χ1v) is 10.3. The standard InChI is InChI=1S/C19H20N4O3S/c1-20-27(25,26)14-7-4-6-13(12-14)19(24)23-11-5-10-17(23)18-21-15-8-2-3-9-16(15)22-18/h2-4,6-9,12,17,20H,5,10-11H2,1H3,(H,21,22)/t17-/m0/s1. The molecule has 2 aromatic carbocycles. The lowest BCUT2D eigenvalue weighted by Crippen LogP contribution is -2.31. The van der Waals surface area contributed by atoms with E-state index in [-0.39, 0.29) is 16.8 Å². The third-order valence-electron chi connectivity index (χ3n) is 4.90. The molecule has 1 amide bonds. The zero-order chi connectivity index (χ0) is 19.0. The van der Waals surface area contributed by atoms with Crippen molar-refractivity contribution in [2.24, 2.45) is 0 Å². The van der Waals surface area contributed by atoms with Crippen LogP contribution in [0.15, 0.2) is 53.4 Å². The molecule has 8 heteroatoms. The summed E-state index contributed by atoms with van der Waals surface area (Å²) < 4.78 is 26.3. The predicted molar refractivity (Wildman–Crippen MR) is 102 cm³/mol. The van der Waals surface area contributed by atoms with Crippen molar-refractivity contribution >= 4 is 27.0 Å². The number of hydrogen-bond donors (Lipinski definition) is 2. The molecular formula is C19H20N4O3S. The normalized spacial score (nSPS) is 17.5. The summed E-state index contributed by atoms with van der Waals surface area (Å²) in [5.74, 6) is 0.576. The van der Waals surface area contributed by atoms with Gasteiger partial charge in [0.25, 0.3) is 5.91 Å². The van der Waals surface area contributed by atoms with Crippen LogP contribution in [0.5, 0.6) is 0 Å². The number of rotatable bonds is 4. The monoisotopic (exact) mass is 384 g/mol. The Morgan fingerprint density at radius 2 is 2.04 bits per heavy atom. The van der Waals surface area contributed by atoms with E-state index in [1.807, 2.05) is 24.3 Å². The van der Waals surface area contributed by atoms with E-state index in [1.165, 1.54) is 19.2 Å². The second-order valence-electron chi connectivity index (χ2n) is 6.53.